The molecule has 0 radical (unpaired) electrons. The van der Waals surface area contributed by atoms with E-state index in [0.29, 0.717) is 5.78 Å². The third kappa shape index (κ3) is 2.20. The summed E-state index contributed by atoms with van der Waals surface area (Å²) in [7, 11) is 0. The highest BCUT2D eigenvalue weighted by molar-refractivity contribution is 9.28. The predicted octanol–water partition coefficient (Wildman–Crippen LogP) is 3.13. The molecule has 1 nitrogen and oxygen atoms in total. The molecule has 0 aromatic carbocycles. The molecule has 0 atom stereocenters. The Balaban J connectivity index is 2.56. The molecule has 0 aliphatic heterocycles. The van der Waals surface area contributed by atoms with E-state index in [9.17, 15) is 4.79 Å². The van der Waals surface area contributed by atoms with Crippen LogP contribution in [0.15, 0.2) is 8.96 Å². The standard InChI is InChI=1S/C7H8Br2O/c8-7(9)5-1-3-6(10)4-2-5/h1-4H2. The molecule has 0 bridgehead atoms. The second-order valence-electron chi connectivity index (χ2n) is 2.40. The highest BCUT2D eigenvalue weighted by atomic mass is 79.9. The quantitative estimate of drug-likeness (QED) is 0.659. The second kappa shape index (κ2) is 3.67. The van der Waals surface area contributed by atoms with Gasteiger partial charge in [0.2, 0.25) is 0 Å². The van der Waals surface area contributed by atoms with Crippen LogP contribution in [-0.4, -0.2) is 5.78 Å². The molecule has 0 aromatic heterocycles. The average Bonchev–Trinajstić information content (AvgIpc) is 1.88. The first-order valence-corrected chi connectivity index (χ1v) is 4.83. The van der Waals surface area contributed by atoms with Gasteiger partial charge in [-0.15, -0.1) is 0 Å². The second-order valence-corrected chi connectivity index (χ2v) is 5.05. The van der Waals surface area contributed by atoms with Crippen LogP contribution < -0.4 is 0 Å². The Kier molecular flexibility index (Phi) is 3.11. The van der Waals surface area contributed by atoms with Crippen LogP contribution in [0.2, 0.25) is 0 Å². The first kappa shape index (κ1) is 8.47. The lowest BCUT2D eigenvalue weighted by Crippen LogP contribution is -2.05. The van der Waals surface area contributed by atoms with Crippen molar-refractivity contribution in [3.63, 3.8) is 0 Å². The summed E-state index contributed by atoms with van der Waals surface area (Å²) < 4.78 is 1.03. The van der Waals surface area contributed by atoms with Crippen molar-refractivity contribution in [1.82, 2.24) is 0 Å². The number of rotatable bonds is 0. The van der Waals surface area contributed by atoms with Gasteiger partial charge in [-0.2, -0.15) is 0 Å². The van der Waals surface area contributed by atoms with E-state index in [4.69, 9.17) is 0 Å². The zero-order chi connectivity index (χ0) is 7.56. The van der Waals surface area contributed by atoms with E-state index in [0.717, 1.165) is 29.1 Å². The fourth-order valence-electron chi connectivity index (χ4n) is 1.02. The smallest absolute Gasteiger partial charge is 0.133 e. The number of hydrogen-bond donors (Lipinski definition) is 0. The van der Waals surface area contributed by atoms with Crippen LogP contribution in [0.3, 0.4) is 0 Å². The summed E-state index contributed by atoms with van der Waals surface area (Å²) in [6.07, 6.45) is 3.28. The average molecular weight is 268 g/mol. The van der Waals surface area contributed by atoms with Crippen LogP contribution >= 0.6 is 31.9 Å². The highest BCUT2D eigenvalue weighted by Crippen LogP contribution is 2.29. The van der Waals surface area contributed by atoms with E-state index in [-0.39, 0.29) is 0 Å². The number of halogens is 2. The number of hydrogen-bond acceptors (Lipinski definition) is 1. The van der Waals surface area contributed by atoms with Gasteiger partial charge in [0.15, 0.2) is 0 Å². The van der Waals surface area contributed by atoms with E-state index in [1.54, 1.807) is 0 Å². The number of ketones is 1. The summed E-state index contributed by atoms with van der Waals surface area (Å²) in [6.45, 7) is 0. The number of allylic oxidation sites excluding steroid dienone is 1. The van der Waals surface area contributed by atoms with Gasteiger partial charge >= 0.3 is 0 Å². The minimum atomic E-state index is 0.394. The van der Waals surface area contributed by atoms with Crippen molar-refractivity contribution in [2.75, 3.05) is 0 Å². The minimum Gasteiger partial charge on any atom is -0.300 e. The summed E-state index contributed by atoms with van der Waals surface area (Å²) in [5, 5.41) is 0. The largest absolute Gasteiger partial charge is 0.300 e. The fraction of sp³-hybridized carbons (Fsp3) is 0.571. The molecule has 1 aliphatic rings. The topological polar surface area (TPSA) is 17.1 Å². The third-order valence-electron chi connectivity index (χ3n) is 1.68. The Morgan fingerprint density at radius 2 is 1.60 bits per heavy atom. The van der Waals surface area contributed by atoms with Gasteiger partial charge in [-0.05, 0) is 50.3 Å². The van der Waals surface area contributed by atoms with Crippen LogP contribution in [0, 0.1) is 0 Å². The molecule has 0 aromatic rings. The van der Waals surface area contributed by atoms with Gasteiger partial charge in [0.1, 0.15) is 5.78 Å². The normalized spacial score (nSPS) is 19.4. The number of carbonyl (C=O) groups excluding carboxylic acids is 1. The van der Waals surface area contributed by atoms with Crippen LogP contribution in [0.5, 0.6) is 0 Å². The predicted molar refractivity (Wildman–Crippen MR) is 48.4 cm³/mol. The molecule has 10 heavy (non-hydrogen) atoms. The van der Waals surface area contributed by atoms with E-state index in [1.165, 1.54) is 5.57 Å². The molecule has 1 rings (SSSR count). The number of Topliss-reactive ketones (excluding diaryl/α,β-unsaturated/α-hetero) is 1. The Morgan fingerprint density at radius 1 is 1.10 bits per heavy atom. The van der Waals surface area contributed by atoms with Crippen molar-refractivity contribution < 1.29 is 4.79 Å². The molecule has 0 spiro atoms. The van der Waals surface area contributed by atoms with Crippen molar-refractivity contribution >= 4 is 37.6 Å². The van der Waals surface area contributed by atoms with Crippen molar-refractivity contribution in [2.24, 2.45) is 0 Å². The van der Waals surface area contributed by atoms with Crippen LogP contribution in [-0.2, 0) is 4.79 Å². The Bertz CT molecular complexity index is 168. The van der Waals surface area contributed by atoms with Gasteiger partial charge in [0, 0.05) is 12.8 Å². The van der Waals surface area contributed by atoms with Gasteiger partial charge in [-0.3, -0.25) is 4.79 Å². The van der Waals surface area contributed by atoms with Crippen LogP contribution in [0.4, 0.5) is 0 Å². The van der Waals surface area contributed by atoms with Crippen LogP contribution in [0.25, 0.3) is 0 Å². The SMILES string of the molecule is O=C1CCC(=C(Br)Br)CC1. The summed E-state index contributed by atoms with van der Waals surface area (Å²) in [5.74, 6) is 0.394. The van der Waals surface area contributed by atoms with Gasteiger partial charge in [-0.25, -0.2) is 0 Å². The van der Waals surface area contributed by atoms with E-state index < -0.39 is 0 Å². The van der Waals surface area contributed by atoms with E-state index in [1.807, 2.05) is 0 Å². The maximum absolute atomic E-state index is 10.8. The molecule has 0 amide bonds. The zero-order valence-electron chi connectivity index (χ0n) is 5.49. The first-order chi connectivity index (χ1) is 4.70. The molecule has 0 heterocycles. The van der Waals surface area contributed by atoms with Crippen molar-refractivity contribution in [3.05, 3.63) is 8.96 Å². The molecule has 3 heteroatoms. The molecule has 56 valence electrons. The Labute approximate surface area is 77.1 Å². The van der Waals surface area contributed by atoms with Gasteiger partial charge in [0.05, 0.1) is 3.39 Å². The molecule has 0 N–H and O–H groups in total. The monoisotopic (exact) mass is 266 g/mol. The Hall–Kier alpha value is 0.370. The van der Waals surface area contributed by atoms with Crippen molar-refractivity contribution in [2.45, 2.75) is 25.7 Å². The third-order valence-corrected chi connectivity index (χ3v) is 2.80. The summed E-state index contributed by atoms with van der Waals surface area (Å²) in [5.41, 5.74) is 1.33. The lowest BCUT2D eigenvalue weighted by molar-refractivity contribution is -0.119. The highest BCUT2D eigenvalue weighted by Gasteiger charge is 2.13. The number of carbonyl (C=O) groups is 1. The molecular formula is C7H8Br2O. The Morgan fingerprint density at radius 3 is 2.00 bits per heavy atom. The maximum atomic E-state index is 10.8. The molecule has 1 saturated carbocycles. The summed E-state index contributed by atoms with van der Waals surface area (Å²) in [4.78, 5) is 10.8. The zero-order valence-corrected chi connectivity index (χ0v) is 8.66. The minimum absolute atomic E-state index is 0.394. The molecule has 1 fully saturated rings. The maximum Gasteiger partial charge on any atom is 0.133 e. The summed E-state index contributed by atoms with van der Waals surface area (Å²) in [6, 6.07) is 0. The van der Waals surface area contributed by atoms with Crippen molar-refractivity contribution in [3.8, 4) is 0 Å². The van der Waals surface area contributed by atoms with Gasteiger partial charge < -0.3 is 0 Å². The lowest BCUT2D eigenvalue weighted by atomic mass is 9.95. The molecular weight excluding hydrogens is 260 g/mol. The van der Waals surface area contributed by atoms with Gasteiger partial charge in [0.25, 0.3) is 0 Å². The lowest BCUT2D eigenvalue weighted by Gasteiger charge is -2.12. The van der Waals surface area contributed by atoms with Gasteiger partial charge in [-0.1, -0.05) is 0 Å². The van der Waals surface area contributed by atoms with Crippen LogP contribution in [0.1, 0.15) is 25.7 Å². The first-order valence-electron chi connectivity index (χ1n) is 3.25. The van der Waals surface area contributed by atoms with E-state index >= 15 is 0 Å². The van der Waals surface area contributed by atoms with E-state index in [2.05, 4.69) is 31.9 Å². The fourth-order valence-corrected chi connectivity index (χ4v) is 1.81. The molecule has 0 saturated heterocycles. The summed E-state index contributed by atoms with van der Waals surface area (Å²) >= 11 is 6.68. The molecule has 0 unspecified atom stereocenters. The molecule has 1 aliphatic carbocycles. The van der Waals surface area contributed by atoms with Crippen molar-refractivity contribution in [1.29, 1.82) is 0 Å².